The predicted molar refractivity (Wildman–Crippen MR) is 176 cm³/mol. The number of phenolic OH excluding ortho intramolecular Hbond substituents is 1. The summed E-state index contributed by atoms with van der Waals surface area (Å²) in [5.74, 6) is -9.13. The number of carbonyl (C=O) groups excluding carboxylic acids is 3. The molecule has 52 heavy (non-hydrogen) atoms. The van der Waals surface area contributed by atoms with Gasteiger partial charge in [-0.3, -0.25) is 14.4 Å². The molecule has 0 radical (unpaired) electrons. The van der Waals surface area contributed by atoms with Crippen molar-refractivity contribution in [2.45, 2.75) is 94.0 Å². The Balaban J connectivity index is 1.63. The van der Waals surface area contributed by atoms with Gasteiger partial charge in [-0.25, -0.2) is 0 Å². The number of aromatic hydroxyl groups is 1. The Kier molecular flexibility index (Phi) is 8.14. The number of hydrogen-bond acceptors (Lipinski definition) is 15. The molecule has 5 aliphatic rings. The van der Waals surface area contributed by atoms with Crippen molar-refractivity contribution in [3.63, 3.8) is 0 Å². The number of aliphatic hydroxyl groups excluding tert-OH is 7. The lowest BCUT2D eigenvalue weighted by atomic mass is 9.54. The van der Waals surface area contributed by atoms with E-state index in [1.807, 2.05) is 26.8 Å². The minimum absolute atomic E-state index is 0.0739. The van der Waals surface area contributed by atoms with Crippen LogP contribution >= 0.6 is 0 Å². The van der Waals surface area contributed by atoms with Crippen LogP contribution in [0.4, 0.5) is 0 Å². The lowest BCUT2D eigenvalue weighted by Crippen LogP contribution is -2.63. The van der Waals surface area contributed by atoms with Gasteiger partial charge in [0.05, 0.1) is 36.7 Å². The first-order valence-corrected chi connectivity index (χ1v) is 16.8. The number of phenols is 1. The molecule has 7 rings (SSSR count). The summed E-state index contributed by atoms with van der Waals surface area (Å²) in [6, 6.07) is 1.28. The highest BCUT2D eigenvalue weighted by molar-refractivity contribution is 6.25. The van der Waals surface area contributed by atoms with Crippen molar-refractivity contribution in [3.05, 3.63) is 51.3 Å². The van der Waals surface area contributed by atoms with Crippen LogP contribution in [0.3, 0.4) is 0 Å². The summed E-state index contributed by atoms with van der Waals surface area (Å²) in [4.78, 5) is 40.4. The van der Waals surface area contributed by atoms with Crippen LogP contribution in [0.15, 0.2) is 29.0 Å². The number of rotatable bonds is 5. The SMILES string of the molecule is COc1cc(O)c2c(OC3OC(CO)C(O)C(O)C3O)c3c(c4c2c1C1(C4)C(C)=CCCC1(C)C)C(O)C1C(O)C(=O)C(C(N)=O)=C(O)C1(O)C3=O. The molecule has 16 heteroatoms. The maximum Gasteiger partial charge on any atom is 0.255 e. The number of aliphatic hydroxyl groups is 8. The molecule has 0 saturated carbocycles. The third-order valence-corrected chi connectivity index (χ3v) is 12.2. The van der Waals surface area contributed by atoms with Crippen molar-refractivity contribution in [1.29, 1.82) is 0 Å². The number of methoxy groups -OCH3 is 1. The summed E-state index contributed by atoms with van der Waals surface area (Å²) in [6.07, 6.45) is -10.3. The molecule has 280 valence electrons. The van der Waals surface area contributed by atoms with Crippen molar-refractivity contribution >= 4 is 28.2 Å². The van der Waals surface area contributed by atoms with Crippen LogP contribution in [0, 0.1) is 11.3 Å². The van der Waals surface area contributed by atoms with Gasteiger partial charge in [-0.2, -0.15) is 0 Å². The Hall–Kier alpha value is -4.13. The summed E-state index contributed by atoms with van der Waals surface area (Å²) in [6.45, 7) is 5.13. The Morgan fingerprint density at radius 1 is 1.04 bits per heavy atom. The lowest BCUT2D eigenvalue weighted by Gasteiger charge is -2.50. The maximum atomic E-state index is 14.9. The zero-order valence-corrected chi connectivity index (χ0v) is 28.7. The second kappa shape index (κ2) is 11.7. The van der Waals surface area contributed by atoms with Crippen LogP contribution in [-0.2, 0) is 26.2 Å². The third-order valence-electron chi connectivity index (χ3n) is 12.2. The topological polar surface area (TPSA) is 287 Å². The Morgan fingerprint density at radius 3 is 2.31 bits per heavy atom. The number of nitrogens with two attached hydrogens (primary N) is 1. The molecule has 1 heterocycles. The van der Waals surface area contributed by atoms with Crippen LogP contribution in [0.25, 0.3) is 10.8 Å². The van der Waals surface area contributed by atoms with Gasteiger partial charge in [-0.15, -0.1) is 0 Å². The Morgan fingerprint density at radius 2 is 1.71 bits per heavy atom. The van der Waals surface area contributed by atoms with Gasteiger partial charge in [-0.1, -0.05) is 25.5 Å². The van der Waals surface area contributed by atoms with E-state index in [4.69, 9.17) is 19.9 Å². The Labute approximate surface area is 296 Å². The van der Waals surface area contributed by atoms with E-state index in [2.05, 4.69) is 0 Å². The van der Waals surface area contributed by atoms with Gasteiger partial charge in [0.2, 0.25) is 17.9 Å². The number of primary amides is 1. The number of Topliss-reactive ketones (excluding diaryl/α,β-unsaturated/α-hetero) is 2. The summed E-state index contributed by atoms with van der Waals surface area (Å²) < 4.78 is 17.6. The quantitative estimate of drug-likeness (QED) is 0.132. The van der Waals surface area contributed by atoms with Crippen LogP contribution in [-0.4, -0.2) is 120 Å². The standard InChI is InChI=1S/C36H41NO15/c1-11-6-5-7-34(2,3)35(11)9-12-16-18(13(39)8-14(50-4)21(16)35)29(52-33-28(45)27(44)23(40)15(10-38)51-33)19-17(12)24(41)22-26(43)25(42)20(32(37)48)31(47)36(22,49)30(19)46/h6,8,15,22-24,26-28,33,38-41,43-45,47,49H,5,7,9-10H2,1-4H3,(H2,37,48). The van der Waals surface area contributed by atoms with E-state index in [0.717, 1.165) is 12.0 Å². The molecule has 2 aromatic carbocycles. The fourth-order valence-electron chi connectivity index (χ4n) is 9.54. The third kappa shape index (κ3) is 4.28. The molecule has 10 atom stereocenters. The van der Waals surface area contributed by atoms with Crippen LogP contribution in [0.2, 0.25) is 0 Å². The molecular weight excluding hydrogens is 686 g/mol. The van der Waals surface area contributed by atoms with Crippen LogP contribution in [0.1, 0.15) is 66.8 Å². The minimum atomic E-state index is -3.36. The van der Waals surface area contributed by atoms with Crippen molar-refractivity contribution in [2.24, 2.45) is 17.1 Å². The fourth-order valence-corrected chi connectivity index (χ4v) is 9.54. The maximum absolute atomic E-state index is 14.9. The lowest BCUT2D eigenvalue weighted by molar-refractivity contribution is -0.277. The number of ether oxygens (including phenoxy) is 3. The molecule has 2 aromatic rings. The van der Waals surface area contributed by atoms with Crippen molar-refractivity contribution in [3.8, 4) is 17.2 Å². The molecule has 11 N–H and O–H groups in total. The smallest absolute Gasteiger partial charge is 0.255 e. The molecule has 1 amide bonds. The zero-order valence-electron chi connectivity index (χ0n) is 28.7. The number of hydrogen-bond donors (Lipinski definition) is 10. The highest BCUT2D eigenvalue weighted by atomic mass is 16.7. The summed E-state index contributed by atoms with van der Waals surface area (Å²) in [5, 5.41) is 101. The van der Waals surface area contributed by atoms with E-state index in [9.17, 15) is 60.3 Å². The summed E-state index contributed by atoms with van der Waals surface area (Å²) in [7, 11) is 1.40. The first kappa shape index (κ1) is 36.2. The number of benzene rings is 2. The van der Waals surface area contributed by atoms with Crippen molar-refractivity contribution in [1.82, 2.24) is 0 Å². The molecule has 16 nitrogen and oxygen atoms in total. The second-order valence-electron chi connectivity index (χ2n) is 15.0. The van der Waals surface area contributed by atoms with Gasteiger partial charge in [0.25, 0.3) is 5.91 Å². The molecule has 0 aromatic heterocycles. The van der Waals surface area contributed by atoms with E-state index < -0.39 is 118 Å². The number of ketones is 2. The van der Waals surface area contributed by atoms with Gasteiger partial charge in [0.15, 0.2) is 5.60 Å². The van der Waals surface area contributed by atoms with E-state index in [1.54, 1.807) is 0 Å². The largest absolute Gasteiger partial charge is 0.508 e. The minimum Gasteiger partial charge on any atom is -0.508 e. The number of fused-ring (bicyclic) bond motifs is 4. The number of carbonyl (C=O) groups is 3. The molecule has 1 fully saturated rings. The Bertz CT molecular complexity index is 2020. The molecule has 1 saturated heterocycles. The predicted octanol–water partition coefficient (Wildman–Crippen LogP) is -0.889. The van der Waals surface area contributed by atoms with Gasteiger partial charge >= 0.3 is 0 Å². The van der Waals surface area contributed by atoms with Crippen molar-refractivity contribution < 1.29 is 74.6 Å². The number of amides is 1. The van der Waals surface area contributed by atoms with Crippen molar-refractivity contribution in [2.75, 3.05) is 13.7 Å². The van der Waals surface area contributed by atoms with E-state index >= 15 is 0 Å². The fraction of sp³-hybridized carbons (Fsp3) is 0.528. The number of allylic oxidation sites excluding steroid dienone is 2. The van der Waals surface area contributed by atoms with E-state index in [0.29, 0.717) is 12.0 Å². The van der Waals surface area contributed by atoms with Crippen LogP contribution < -0.4 is 15.2 Å². The molecule has 1 spiro atoms. The zero-order chi connectivity index (χ0) is 38.1. The average Bonchev–Trinajstić information content (AvgIpc) is 3.45. The van der Waals surface area contributed by atoms with E-state index in [1.165, 1.54) is 13.2 Å². The monoisotopic (exact) mass is 727 g/mol. The highest BCUT2D eigenvalue weighted by Crippen LogP contribution is 2.66. The molecule has 10 unspecified atom stereocenters. The normalized spacial score (nSPS) is 36.5. The van der Waals surface area contributed by atoms with Gasteiger partial charge in [-0.05, 0) is 42.7 Å². The first-order chi connectivity index (χ1) is 24.3. The molecular formula is C36H41NO15. The average molecular weight is 728 g/mol. The molecule has 4 aliphatic carbocycles. The van der Waals surface area contributed by atoms with Gasteiger partial charge < -0.3 is 65.9 Å². The van der Waals surface area contributed by atoms with Gasteiger partial charge in [0, 0.05) is 22.4 Å². The molecule has 1 aliphatic heterocycles. The van der Waals surface area contributed by atoms with Gasteiger partial charge in [0.1, 0.15) is 59.1 Å². The highest BCUT2D eigenvalue weighted by Gasteiger charge is 2.66. The van der Waals surface area contributed by atoms with E-state index in [-0.39, 0.29) is 34.1 Å². The summed E-state index contributed by atoms with van der Waals surface area (Å²) >= 11 is 0. The second-order valence-corrected chi connectivity index (χ2v) is 15.0. The summed E-state index contributed by atoms with van der Waals surface area (Å²) in [5.41, 5.74) is -0.0244. The molecule has 0 bridgehead atoms. The first-order valence-electron chi connectivity index (χ1n) is 16.8. The van der Waals surface area contributed by atoms with Crippen LogP contribution in [0.5, 0.6) is 17.2 Å².